The van der Waals surface area contributed by atoms with Crippen LogP contribution in [0.3, 0.4) is 0 Å². The molecule has 2 aromatic carbocycles. The van der Waals surface area contributed by atoms with Crippen LogP contribution in [0.4, 0.5) is 0 Å². The summed E-state index contributed by atoms with van der Waals surface area (Å²) in [6, 6.07) is 16.7. The minimum absolute atomic E-state index is 0.168. The highest BCUT2D eigenvalue weighted by Gasteiger charge is 2.13. The molecule has 0 saturated heterocycles. The highest BCUT2D eigenvalue weighted by molar-refractivity contribution is 5.72. The third-order valence-electron chi connectivity index (χ3n) is 4.00. The second-order valence-corrected chi connectivity index (χ2v) is 6.07. The Bertz CT molecular complexity index is 879. The van der Waals surface area contributed by atoms with E-state index in [4.69, 9.17) is 4.74 Å². The molecule has 3 aromatic rings. The zero-order chi connectivity index (χ0) is 17.8. The van der Waals surface area contributed by atoms with Gasteiger partial charge in [0.15, 0.2) is 0 Å². The van der Waals surface area contributed by atoms with Crippen molar-refractivity contribution in [2.24, 2.45) is 0 Å². The summed E-state index contributed by atoms with van der Waals surface area (Å²) >= 11 is 0. The number of esters is 1. The second kappa shape index (κ2) is 7.34. The highest BCUT2D eigenvalue weighted by Crippen LogP contribution is 2.23. The lowest BCUT2D eigenvalue weighted by molar-refractivity contribution is -0.142. The predicted molar refractivity (Wildman–Crippen MR) is 98.8 cm³/mol. The summed E-state index contributed by atoms with van der Waals surface area (Å²) in [6.45, 7) is 6.20. The maximum absolute atomic E-state index is 11.8. The normalized spacial score (nSPS) is 10.7. The first-order valence-corrected chi connectivity index (χ1v) is 8.45. The number of carbonyl (C=O) groups is 1. The maximum Gasteiger partial charge on any atom is 0.313 e. The van der Waals surface area contributed by atoms with E-state index in [1.807, 2.05) is 29.8 Å². The van der Waals surface area contributed by atoms with Gasteiger partial charge in [-0.2, -0.15) is 0 Å². The van der Waals surface area contributed by atoms with Crippen LogP contribution in [-0.2, 0) is 16.0 Å². The molecule has 0 saturated carbocycles. The maximum atomic E-state index is 11.8. The van der Waals surface area contributed by atoms with E-state index in [0.29, 0.717) is 12.4 Å². The van der Waals surface area contributed by atoms with Crippen molar-refractivity contribution < 1.29 is 9.53 Å². The molecule has 0 amide bonds. The fraction of sp³-hybridized carbons (Fsp3) is 0.238. The van der Waals surface area contributed by atoms with Crippen LogP contribution in [0.1, 0.15) is 24.0 Å². The first kappa shape index (κ1) is 17.0. The Morgan fingerprint density at radius 3 is 2.52 bits per heavy atom. The summed E-state index contributed by atoms with van der Waals surface area (Å²) in [5, 5.41) is 0. The van der Waals surface area contributed by atoms with E-state index in [0.717, 1.165) is 16.9 Å². The predicted octanol–water partition coefficient (Wildman–Crippen LogP) is 4.26. The fourth-order valence-electron chi connectivity index (χ4n) is 2.88. The SMILES string of the molecule is CCOC(=O)Cc1nc(C)cn1-c1ccc(-c2cccc(C)c2)cc1. The Hall–Kier alpha value is -2.88. The number of aryl methyl sites for hydroxylation is 2. The molecule has 25 heavy (non-hydrogen) atoms. The molecule has 1 heterocycles. The summed E-state index contributed by atoms with van der Waals surface area (Å²) in [5.74, 6) is 0.435. The third-order valence-corrected chi connectivity index (χ3v) is 4.00. The van der Waals surface area contributed by atoms with Gasteiger partial charge in [0.05, 0.1) is 12.3 Å². The van der Waals surface area contributed by atoms with Crippen LogP contribution in [0.15, 0.2) is 54.7 Å². The van der Waals surface area contributed by atoms with Crippen LogP contribution in [0.5, 0.6) is 0 Å². The lowest BCUT2D eigenvalue weighted by Gasteiger charge is -2.09. The molecule has 4 heteroatoms. The fourth-order valence-corrected chi connectivity index (χ4v) is 2.88. The standard InChI is InChI=1S/C21H22N2O2/c1-4-25-21(24)13-20-22-16(3)14-23(20)19-10-8-17(9-11-19)18-7-5-6-15(2)12-18/h5-12,14H,4,13H2,1-3H3. The number of rotatable bonds is 5. The number of carbonyl (C=O) groups excluding carboxylic acids is 1. The Morgan fingerprint density at radius 2 is 1.84 bits per heavy atom. The van der Waals surface area contributed by atoms with Gasteiger partial charge >= 0.3 is 5.97 Å². The van der Waals surface area contributed by atoms with Gasteiger partial charge in [-0.1, -0.05) is 42.0 Å². The van der Waals surface area contributed by atoms with Crippen molar-refractivity contribution in [1.29, 1.82) is 0 Å². The van der Waals surface area contributed by atoms with E-state index >= 15 is 0 Å². The van der Waals surface area contributed by atoms with E-state index in [9.17, 15) is 4.79 Å². The van der Waals surface area contributed by atoms with Crippen LogP contribution in [0, 0.1) is 13.8 Å². The first-order chi connectivity index (χ1) is 12.1. The van der Waals surface area contributed by atoms with Crippen molar-refractivity contribution in [1.82, 2.24) is 9.55 Å². The molecule has 0 radical (unpaired) electrons. The molecule has 0 spiro atoms. The first-order valence-electron chi connectivity index (χ1n) is 8.45. The Balaban J connectivity index is 1.89. The van der Waals surface area contributed by atoms with Gasteiger partial charge in [0.25, 0.3) is 0 Å². The lowest BCUT2D eigenvalue weighted by Crippen LogP contribution is -2.11. The van der Waals surface area contributed by atoms with E-state index in [1.54, 1.807) is 6.92 Å². The van der Waals surface area contributed by atoms with E-state index in [1.165, 1.54) is 11.1 Å². The molecule has 1 aromatic heterocycles. The number of ether oxygens (including phenoxy) is 1. The average Bonchev–Trinajstić information content (AvgIpc) is 2.95. The molecule has 4 nitrogen and oxygen atoms in total. The topological polar surface area (TPSA) is 44.1 Å². The molecule has 0 aliphatic heterocycles. The molecule has 3 rings (SSSR count). The highest BCUT2D eigenvalue weighted by atomic mass is 16.5. The number of benzene rings is 2. The molecule has 0 bridgehead atoms. The van der Waals surface area contributed by atoms with Gasteiger partial charge in [0.1, 0.15) is 12.2 Å². The van der Waals surface area contributed by atoms with Gasteiger partial charge in [0, 0.05) is 11.9 Å². The molecule has 128 valence electrons. The number of hydrogen-bond acceptors (Lipinski definition) is 3. The van der Waals surface area contributed by atoms with Gasteiger partial charge in [-0.25, -0.2) is 4.98 Å². The molecule has 0 N–H and O–H groups in total. The third kappa shape index (κ3) is 3.97. The molecule has 0 aliphatic rings. The number of hydrogen-bond donors (Lipinski definition) is 0. The second-order valence-electron chi connectivity index (χ2n) is 6.07. The van der Waals surface area contributed by atoms with Crippen molar-refractivity contribution in [3.8, 4) is 16.8 Å². The largest absolute Gasteiger partial charge is 0.466 e. The summed E-state index contributed by atoms with van der Waals surface area (Å²) in [6.07, 6.45) is 2.11. The van der Waals surface area contributed by atoms with Crippen molar-refractivity contribution >= 4 is 5.97 Å². The summed E-state index contributed by atoms with van der Waals surface area (Å²) < 4.78 is 6.99. The zero-order valence-electron chi connectivity index (χ0n) is 14.8. The Morgan fingerprint density at radius 1 is 1.08 bits per heavy atom. The molecular formula is C21H22N2O2. The zero-order valence-corrected chi connectivity index (χ0v) is 14.8. The van der Waals surface area contributed by atoms with Crippen molar-refractivity contribution in [3.05, 3.63) is 71.8 Å². The van der Waals surface area contributed by atoms with E-state index in [2.05, 4.69) is 48.3 Å². The van der Waals surface area contributed by atoms with Crippen molar-refractivity contribution in [2.75, 3.05) is 6.61 Å². The molecule has 0 atom stereocenters. The minimum atomic E-state index is -0.259. The van der Waals surface area contributed by atoms with Gasteiger partial charge in [0.2, 0.25) is 0 Å². The quantitative estimate of drug-likeness (QED) is 0.655. The number of imidazole rings is 1. The Labute approximate surface area is 148 Å². The van der Waals surface area contributed by atoms with Crippen molar-refractivity contribution in [2.45, 2.75) is 27.2 Å². The van der Waals surface area contributed by atoms with Gasteiger partial charge in [-0.3, -0.25) is 4.79 Å². The minimum Gasteiger partial charge on any atom is -0.466 e. The molecule has 0 unspecified atom stereocenters. The molecular weight excluding hydrogens is 312 g/mol. The van der Waals surface area contributed by atoms with Crippen LogP contribution >= 0.6 is 0 Å². The van der Waals surface area contributed by atoms with Crippen LogP contribution < -0.4 is 0 Å². The lowest BCUT2D eigenvalue weighted by atomic mass is 10.0. The molecule has 0 aliphatic carbocycles. The van der Waals surface area contributed by atoms with Gasteiger partial charge in [-0.15, -0.1) is 0 Å². The van der Waals surface area contributed by atoms with Crippen molar-refractivity contribution in [3.63, 3.8) is 0 Å². The van der Waals surface area contributed by atoms with E-state index < -0.39 is 0 Å². The average molecular weight is 334 g/mol. The van der Waals surface area contributed by atoms with Crippen LogP contribution in [-0.4, -0.2) is 22.1 Å². The summed E-state index contributed by atoms with van der Waals surface area (Å²) in [7, 11) is 0. The van der Waals surface area contributed by atoms with Gasteiger partial charge < -0.3 is 9.30 Å². The summed E-state index contributed by atoms with van der Waals surface area (Å²) in [4.78, 5) is 16.3. The monoisotopic (exact) mass is 334 g/mol. The van der Waals surface area contributed by atoms with Gasteiger partial charge in [-0.05, 0) is 44.0 Å². The Kier molecular flexibility index (Phi) is 4.98. The number of aromatic nitrogens is 2. The molecule has 0 fully saturated rings. The van der Waals surface area contributed by atoms with Crippen LogP contribution in [0.25, 0.3) is 16.8 Å². The van der Waals surface area contributed by atoms with Crippen LogP contribution in [0.2, 0.25) is 0 Å². The summed E-state index contributed by atoms with van der Waals surface area (Å²) in [5.41, 5.74) is 5.46. The van der Waals surface area contributed by atoms with E-state index in [-0.39, 0.29) is 12.4 Å². The smallest absolute Gasteiger partial charge is 0.313 e. The number of nitrogens with zero attached hydrogens (tertiary/aromatic N) is 2.